The SMILES string of the molecule is Cc1cc(Br)ccc1NC(N)=NC(C)(C)C. The van der Waals surface area contributed by atoms with Gasteiger partial charge in [-0.2, -0.15) is 0 Å². The van der Waals surface area contributed by atoms with Crippen LogP contribution in [0.3, 0.4) is 0 Å². The summed E-state index contributed by atoms with van der Waals surface area (Å²) < 4.78 is 1.06. The third kappa shape index (κ3) is 4.23. The Hall–Kier alpha value is -1.03. The highest BCUT2D eigenvalue weighted by atomic mass is 79.9. The van der Waals surface area contributed by atoms with Gasteiger partial charge in [-0.3, -0.25) is 0 Å². The molecule has 0 amide bonds. The molecule has 0 heterocycles. The fraction of sp³-hybridized carbons (Fsp3) is 0.417. The molecule has 0 bridgehead atoms. The minimum atomic E-state index is -0.166. The Morgan fingerprint density at radius 3 is 2.50 bits per heavy atom. The first-order valence-electron chi connectivity index (χ1n) is 5.16. The van der Waals surface area contributed by atoms with Gasteiger partial charge in [0.25, 0.3) is 0 Å². The number of benzene rings is 1. The van der Waals surface area contributed by atoms with Crippen LogP contribution in [0, 0.1) is 6.92 Å². The van der Waals surface area contributed by atoms with E-state index in [9.17, 15) is 0 Å². The lowest BCUT2D eigenvalue weighted by atomic mass is 10.1. The number of aliphatic imine (C=N–C) groups is 1. The lowest BCUT2D eigenvalue weighted by Crippen LogP contribution is -2.27. The van der Waals surface area contributed by atoms with Gasteiger partial charge in [0.05, 0.1) is 5.54 Å². The Balaban J connectivity index is 2.85. The number of rotatable bonds is 1. The molecule has 1 aromatic carbocycles. The molecule has 16 heavy (non-hydrogen) atoms. The van der Waals surface area contributed by atoms with Crippen molar-refractivity contribution in [2.45, 2.75) is 33.2 Å². The lowest BCUT2D eigenvalue weighted by molar-refractivity contribution is 0.583. The second-order valence-electron chi connectivity index (χ2n) is 4.75. The summed E-state index contributed by atoms with van der Waals surface area (Å²) in [7, 11) is 0. The van der Waals surface area contributed by atoms with E-state index in [2.05, 4.69) is 26.2 Å². The molecule has 0 aliphatic rings. The molecular weight excluding hydrogens is 266 g/mol. The molecule has 0 radical (unpaired) electrons. The van der Waals surface area contributed by atoms with Gasteiger partial charge in [0.15, 0.2) is 5.96 Å². The van der Waals surface area contributed by atoms with E-state index in [0.717, 1.165) is 15.7 Å². The zero-order chi connectivity index (χ0) is 12.3. The Labute approximate surface area is 105 Å². The summed E-state index contributed by atoms with van der Waals surface area (Å²) in [4.78, 5) is 4.34. The average Bonchev–Trinajstić information content (AvgIpc) is 2.06. The van der Waals surface area contributed by atoms with Crippen LogP contribution in [0.2, 0.25) is 0 Å². The second-order valence-corrected chi connectivity index (χ2v) is 5.67. The van der Waals surface area contributed by atoms with Crippen molar-refractivity contribution in [2.75, 3.05) is 5.32 Å². The average molecular weight is 284 g/mol. The van der Waals surface area contributed by atoms with Gasteiger partial charge in [-0.25, -0.2) is 4.99 Å². The van der Waals surface area contributed by atoms with Gasteiger partial charge in [-0.15, -0.1) is 0 Å². The van der Waals surface area contributed by atoms with E-state index in [-0.39, 0.29) is 5.54 Å². The molecule has 3 N–H and O–H groups in total. The Kier molecular flexibility index (Phi) is 3.97. The number of hydrogen-bond acceptors (Lipinski definition) is 1. The lowest BCUT2D eigenvalue weighted by Gasteiger charge is -2.15. The second kappa shape index (κ2) is 4.87. The molecule has 1 rings (SSSR count). The first kappa shape index (κ1) is 13.0. The van der Waals surface area contributed by atoms with Gasteiger partial charge >= 0.3 is 0 Å². The monoisotopic (exact) mass is 283 g/mol. The van der Waals surface area contributed by atoms with Crippen LogP contribution in [-0.2, 0) is 0 Å². The van der Waals surface area contributed by atoms with Crippen molar-refractivity contribution in [2.24, 2.45) is 10.7 Å². The summed E-state index contributed by atoms with van der Waals surface area (Å²) in [6, 6.07) is 5.98. The number of anilines is 1. The summed E-state index contributed by atoms with van der Waals surface area (Å²) in [5.74, 6) is 0.443. The van der Waals surface area contributed by atoms with E-state index >= 15 is 0 Å². The standard InChI is InChI=1S/C12H18BrN3/c1-8-7-9(13)5-6-10(8)15-11(14)16-12(2,3)4/h5-7H,1-4H3,(H3,14,15,16). The molecule has 3 nitrogen and oxygen atoms in total. The van der Waals surface area contributed by atoms with E-state index in [4.69, 9.17) is 5.73 Å². The molecule has 0 fully saturated rings. The molecule has 0 aromatic heterocycles. The first-order chi connectivity index (χ1) is 7.28. The fourth-order valence-electron chi connectivity index (χ4n) is 1.29. The Morgan fingerprint density at radius 1 is 1.38 bits per heavy atom. The molecule has 4 heteroatoms. The summed E-state index contributed by atoms with van der Waals surface area (Å²) in [5.41, 5.74) is 7.77. The minimum Gasteiger partial charge on any atom is -0.370 e. The van der Waals surface area contributed by atoms with Gasteiger partial charge in [0, 0.05) is 10.2 Å². The minimum absolute atomic E-state index is 0.166. The van der Waals surface area contributed by atoms with Crippen LogP contribution < -0.4 is 11.1 Å². The van der Waals surface area contributed by atoms with Crippen molar-refractivity contribution in [1.82, 2.24) is 0 Å². The molecule has 0 spiro atoms. The van der Waals surface area contributed by atoms with E-state index in [1.807, 2.05) is 45.9 Å². The first-order valence-corrected chi connectivity index (χ1v) is 5.96. The van der Waals surface area contributed by atoms with Crippen LogP contribution in [0.5, 0.6) is 0 Å². The highest BCUT2D eigenvalue weighted by molar-refractivity contribution is 9.10. The van der Waals surface area contributed by atoms with Crippen molar-refractivity contribution in [3.63, 3.8) is 0 Å². The maximum Gasteiger partial charge on any atom is 0.193 e. The van der Waals surface area contributed by atoms with Gasteiger partial charge in [-0.05, 0) is 51.5 Å². The molecule has 88 valence electrons. The predicted octanol–water partition coefficient (Wildman–Crippen LogP) is 3.28. The van der Waals surface area contributed by atoms with Crippen LogP contribution in [0.4, 0.5) is 5.69 Å². The molecule has 1 aromatic rings. The third-order valence-electron chi connectivity index (χ3n) is 1.91. The largest absolute Gasteiger partial charge is 0.370 e. The normalized spacial score (nSPS) is 12.7. The van der Waals surface area contributed by atoms with E-state index in [0.29, 0.717) is 5.96 Å². The molecule has 0 aliphatic carbocycles. The summed E-state index contributed by atoms with van der Waals surface area (Å²) >= 11 is 3.42. The summed E-state index contributed by atoms with van der Waals surface area (Å²) in [6.45, 7) is 8.05. The number of halogens is 1. The van der Waals surface area contributed by atoms with E-state index < -0.39 is 0 Å². The highest BCUT2D eigenvalue weighted by Crippen LogP contribution is 2.20. The number of guanidine groups is 1. The molecule has 0 atom stereocenters. The van der Waals surface area contributed by atoms with Crippen LogP contribution in [0.25, 0.3) is 0 Å². The van der Waals surface area contributed by atoms with Crippen molar-refractivity contribution in [3.8, 4) is 0 Å². The smallest absolute Gasteiger partial charge is 0.193 e. The molecule has 0 unspecified atom stereocenters. The summed E-state index contributed by atoms with van der Waals surface area (Å²) in [5, 5.41) is 3.10. The fourth-order valence-corrected chi connectivity index (χ4v) is 1.77. The van der Waals surface area contributed by atoms with Crippen LogP contribution in [0.15, 0.2) is 27.7 Å². The van der Waals surface area contributed by atoms with E-state index in [1.54, 1.807) is 0 Å². The maximum atomic E-state index is 5.83. The summed E-state index contributed by atoms with van der Waals surface area (Å²) in [6.07, 6.45) is 0. The Morgan fingerprint density at radius 2 is 2.00 bits per heavy atom. The predicted molar refractivity (Wildman–Crippen MR) is 73.9 cm³/mol. The van der Waals surface area contributed by atoms with Gasteiger partial charge < -0.3 is 11.1 Å². The molecule has 0 saturated heterocycles. The van der Waals surface area contributed by atoms with E-state index in [1.165, 1.54) is 0 Å². The quantitative estimate of drug-likeness (QED) is 0.614. The number of nitrogens with one attached hydrogen (secondary N) is 1. The number of nitrogens with two attached hydrogens (primary N) is 1. The van der Waals surface area contributed by atoms with Crippen LogP contribution >= 0.6 is 15.9 Å². The zero-order valence-electron chi connectivity index (χ0n) is 10.1. The van der Waals surface area contributed by atoms with Crippen molar-refractivity contribution >= 4 is 27.6 Å². The van der Waals surface area contributed by atoms with Crippen molar-refractivity contribution in [3.05, 3.63) is 28.2 Å². The molecule has 0 aliphatic heterocycles. The maximum absolute atomic E-state index is 5.83. The highest BCUT2D eigenvalue weighted by Gasteiger charge is 2.08. The van der Waals surface area contributed by atoms with Crippen molar-refractivity contribution < 1.29 is 0 Å². The topological polar surface area (TPSA) is 50.4 Å². The van der Waals surface area contributed by atoms with Crippen LogP contribution in [-0.4, -0.2) is 11.5 Å². The van der Waals surface area contributed by atoms with Crippen molar-refractivity contribution in [1.29, 1.82) is 0 Å². The van der Waals surface area contributed by atoms with Gasteiger partial charge in [-0.1, -0.05) is 15.9 Å². The van der Waals surface area contributed by atoms with Gasteiger partial charge in [0.1, 0.15) is 0 Å². The number of aryl methyl sites for hydroxylation is 1. The van der Waals surface area contributed by atoms with Gasteiger partial charge in [0.2, 0.25) is 0 Å². The Bertz CT molecular complexity index is 405. The molecule has 0 saturated carbocycles. The van der Waals surface area contributed by atoms with Crippen LogP contribution in [0.1, 0.15) is 26.3 Å². The third-order valence-corrected chi connectivity index (χ3v) is 2.40. The number of hydrogen-bond donors (Lipinski definition) is 2. The zero-order valence-corrected chi connectivity index (χ0v) is 11.7. The number of nitrogens with zero attached hydrogens (tertiary/aromatic N) is 1. The molecular formula is C12H18BrN3.